The van der Waals surface area contributed by atoms with Crippen LogP contribution in [0.4, 0.5) is 0 Å². The number of carbonyl (C=O) groups excluding carboxylic acids is 1. The Morgan fingerprint density at radius 3 is 1.74 bits per heavy atom. The van der Waals surface area contributed by atoms with Crippen molar-refractivity contribution in [3.63, 3.8) is 0 Å². The predicted octanol–water partition coefficient (Wildman–Crippen LogP) is -3.03. The maximum Gasteiger partial charge on any atom is 0.373 e. The lowest BCUT2D eigenvalue weighted by Crippen LogP contribution is -2.67. The van der Waals surface area contributed by atoms with Gasteiger partial charge in [-0.3, -0.25) is 0 Å². The van der Waals surface area contributed by atoms with Crippen LogP contribution >= 0.6 is 0 Å². The molecule has 2 fully saturated rings. The van der Waals surface area contributed by atoms with Crippen LogP contribution in [0, 0.1) is 0 Å². The summed E-state index contributed by atoms with van der Waals surface area (Å²) < 4.78 is 20.9. The van der Waals surface area contributed by atoms with Crippen LogP contribution in [0.3, 0.4) is 0 Å². The van der Waals surface area contributed by atoms with Gasteiger partial charge in [-0.25, -0.2) is 4.79 Å². The average molecular weight is 689 g/mol. The van der Waals surface area contributed by atoms with Crippen molar-refractivity contribution in [1.29, 1.82) is 0 Å². The number of hydrogen-bond acceptors (Lipinski definition) is 17. The van der Waals surface area contributed by atoms with Gasteiger partial charge in [0.05, 0.1) is 13.2 Å². The molecule has 0 spiro atoms. The minimum atomic E-state index is -4.22. The van der Waals surface area contributed by atoms with Crippen LogP contribution in [0.5, 0.6) is 0 Å². The molecule has 1 unspecified atom stereocenters. The number of hydrogen-bond donors (Lipinski definition) is 12. The molecule has 0 aromatic heterocycles. The van der Waals surface area contributed by atoms with Gasteiger partial charge >= 0.3 is 11.8 Å². The van der Waals surface area contributed by atoms with Crippen LogP contribution in [0.2, 0.25) is 0 Å². The lowest BCUT2D eigenvalue weighted by atomic mass is 9.94. The van der Waals surface area contributed by atoms with Gasteiger partial charge in [0.1, 0.15) is 49.3 Å². The Labute approximate surface area is 273 Å². The highest BCUT2D eigenvalue weighted by Crippen LogP contribution is 2.39. The van der Waals surface area contributed by atoms with Gasteiger partial charge in [0.2, 0.25) is 5.79 Å². The number of unbranched alkanes of at least 4 members (excludes halogenated alkanes) is 11. The topological polar surface area (TPSA) is 297 Å². The molecule has 0 amide bonds. The second-order valence-electron chi connectivity index (χ2n) is 12.5. The molecule has 0 saturated carbocycles. The van der Waals surface area contributed by atoms with Crippen LogP contribution in [0.1, 0.15) is 90.4 Å². The molecule has 2 heterocycles. The van der Waals surface area contributed by atoms with E-state index in [9.17, 15) is 66.1 Å². The van der Waals surface area contributed by atoms with E-state index < -0.39 is 98.3 Å². The molecule has 0 aromatic rings. The third-order valence-electron chi connectivity index (χ3n) is 8.87. The Kier molecular flexibility index (Phi) is 17.3. The van der Waals surface area contributed by atoms with Gasteiger partial charge in [0.15, 0.2) is 12.4 Å². The number of esters is 1. The molecule has 47 heavy (non-hydrogen) atoms. The van der Waals surface area contributed by atoms with Gasteiger partial charge in [0.25, 0.3) is 5.79 Å². The highest BCUT2D eigenvalue weighted by atomic mass is 16.8. The third-order valence-corrected chi connectivity index (χ3v) is 8.87. The van der Waals surface area contributed by atoms with E-state index >= 15 is 0 Å². The first-order chi connectivity index (χ1) is 22.1. The molecule has 2 aliphatic heterocycles. The van der Waals surface area contributed by atoms with Gasteiger partial charge in [-0.05, 0) is 6.42 Å². The molecule has 0 bridgehead atoms. The molecule has 17 heteroatoms. The van der Waals surface area contributed by atoms with Crippen LogP contribution in [0.15, 0.2) is 0 Å². The number of aliphatic hydroxyl groups is 12. The highest BCUT2D eigenvalue weighted by molar-refractivity contribution is 5.79. The molecule has 17 nitrogen and oxygen atoms in total. The van der Waals surface area contributed by atoms with Crippen LogP contribution in [-0.4, -0.2) is 160 Å². The summed E-state index contributed by atoms with van der Waals surface area (Å²) in [6.07, 6.45) is -5.96. The average Bonchev–Trinajstić information content (AvgIpc) is 3.31. The molecule has 0 aromatic carbocycles. The fraction of sp³-hybridized carbons (Fsp3) is 0.967. The Hall–Kier alpha value is -1.13. The van der Waals surface area contributed by atoms with Crippen molar-refractivity contribution in [3.05, 3.63) is 0 Å². The summed E-state index contributed by atoms with van der Waals surface area (Å²) in [5.74, 6) is -13.1. The van der Waals surface area contributed by atoms with Crippen molar-refractivity contribution in [1.82, 2.24) is 0 Å². The van der Waals surface area contributed by atoms with E-state index in [2.05, 4.69) is 6.92 Å². The zero-order valence-electron chi connectivity index (χ0n) is 26.9. The van der Waals surface area contributed by atoms with Gasteiger partial charge in [-0.15, -0.1) is 0 Å². The molecule has 0 radical (unpaired) electrons. The summed E-state index contributed by atoms with van der Waals surface area (Å²) in [6, 6.07) is 0. The van der Waals surface area contributed by atoms with Gasteiger partial charge in [0, 0.05) is 0 Å². The highest BCUT2D eigenvalue weighted by Gasteiger charge is 2.65. The minimum Gasteiger partial charge on any atom is -0.449 e. The molecule has 278 valence electrons. The molecule has 2 saturated heterocycles. The normalized spacial score (nSPS) is 32.4. The third kappa shape index (κ3) is 10.4. The molecular weight excluding hydrogens is 632 g/mol. The summed E-state index contributed by atoms with van der Waals surface area (Å²) in [4.78, 5) is 12.9. The monoisotopic (exact) mass is 688 g/mol. The minimum absolute atomic E-state index is 0.250. The number of carbonyl (C=O) groups is 1. The second-order valence-corrected chi connectivity index (χ2v) is 12.5. The van der Waals surface area contributed by atoms with E-state index in [-0.39, 0.29) is 12.8 Å². The van der Waals surface area contributed by atoms with Crippen LogP contribution < -0.4 is 0 Å². The van der Waals surface area contributed by atoms with Gasteiger partial charge in [-0.2, -0.15) is 0 Å². The van der Waals surface area contributed by atoms with Crippen LogP contribution in [-0.2, 0) is 23.7 Å². The molecule has 12 N–H and O–H groups in total. The Balaban J connectivity index is 2.01. The largest absolute Gasteiger partial charge is 0.449 e. The standard InChI is InChI=1S/C30H56O17/c1-2-3-4-5-6-7-8-9-10-11-12-13-14-20(34)29(40,41)30(42,43)27(39)45-25-22(36)19(16-32)46-28(25,17-33)47-26-24(38)23(37)21(35)18(15-31)44-26/h18-26,31-38,40-43H,2-17H2,1H3/t18-,19-,20?,21-,22-,23+,24-,25+,26-,28+/m1/s1. The fourth-order valence-electron chi connectivity index (χ4n) is 5.73. The van der Waals surface area contributed by atoms with E-state index in [4.69, 9.17) is 18.9 Å². The number of ether oxygens (including phenoxy) is 4. The van der Waals surface area contributed by atoms with Crippen molar-refractivity contribution < 1.29 is 85.0 Å². The fourth-order valence-corrected chi connectivity index (χ4v) is 5.73. The summed E-state index contributed by atoms with van der Waals surface area (Å²) in [7, 11) is 0. The van der Waals surface area contributed by atoms with E-state index in [1.165, 1.54) is 32.1 Å². The summed E-state index contributed by atoms with van der Waals surface area (Å²) in [5.41, 5.74) is 0. The molecule has 2 aliphatic rings. The first kappa shape index (κ1) is 42.0. The quantitative estimate of drug-likeness (QED) is 0.0306. The van der Waals surface area contributed by atoms with Crippen molar-refractivity contribution >= 4 is 5.97 Å². The van der Waals surface area contributed by atoms with Crippen molar-refractivity contribution in [2.75, 3.05) is 19.8 Å². The molecule has 10 atom stereocenters. The van der Waals surface area contributed by atoms with E-state index in [0.717, 1.165) is 32.1 Å². The van der Waals surface area contributed by atoms with E-state index in [1.54, 1.807) is 0 Å². The van der Waals surface area contributed by atoms with E-state index in [0.29, 0.717) is 6.42 Å². The van der Waals surface area contributed by atoms with Crippen LogP contribution in [0.25, 0.3) is 0 Å². The molecular formula is C30H56O17. The van der Waals surface area contributed by atoms with Crippen molar-refractivity contribution in [3.8, 4) is 0 Å². The second kappa shape index (κ2) is 19.3. The number of rotatable bonds is 22. The lowest BCUT2D eigenvalue weighted by molar-refractivity contribution is -0.392. The first-order valence-electron chi connectivity index (χ1n) is 16.5. The first-order valence-corrected chi connectivity index (χ1v) is 16.5. The summed E-state index contributed by atoms with van der Waals surface area (Å²) >= 11 is 0. The van der Waals surface area contributed by atoms with E-state index in [1.807, 2.05) is 0 Å². The Morgan fingerprint density at radius 1 is 0.745 bits per heavy atom. The summed E-state index contributed by atoms with van der Waals surface area (Å²) in [6.45, 7) is -1.00. The van der Waals surface area contributed by atoms with Gasteiger partial charge in [-0.1, -0.05) is 84.0 Å². The maximum atomic E-state index is 12.9. The zero-order chi connectivity index (χ0) is 35.4. The zero-order valence-corrected chi connectivity index (χ0v) is 26.9. The molecule has 2 rings (SSSR count). The van der Waals surface area contributed by atoms with Gasteiger partial charge < -0.3 is 80.2 Å². The Morgan fingerprint density at radius 2 is 1.26 bits per heavy atom. The lowest BCUT2D eigenvalue weighted by Gasteiger charge is -2.44. The predicted molar refractivity (Wildman–Crippen MR) is 159 cm³/mol. The molecule has 0 aliphatic carbocycles. The SMILES string of the molecule is CCCCCCCCCCCCCCC(O)C(O)(O)C(O)(O)C(=O)O[C@H]1[C@H](O)[C@@H](CO)O[C@@]1(CO)O[C@H]1O[C@H](CO)[C@@H](O)[C@H](O)[C@H]1O. The van der Waals surface area contributed by atoms with Crippen molar-refractivity contribution in [2.24, 2.45) is 0 Å². The Bertz CT molecular complexity index is 904. The van der Waals surface area contributed by atoms with Crippen molar-refractivity contribution in [2.45, 2.75) is 163 Å². The number of aliphatic hydroxyl groups excluding tert-OH is 8. The maximum absolute atomic E-state index is 12.9. The smallest absolute Gasteiger partial charge is 0.373 e. The summed E-state index contributed by atoms with van der Waals surface area (Å²) in [5, 5.41) is 123.